The summed E-state index contributed by atoms with van der Waals surface area (Å²) in [6.45, 7) is 2.44. The fourth-order valence-electron chi connectivity index (χ4n) is 2.38. The lowest BCUT2D eigenvalue weighted by molar-refractivity contribution is -0.119. The molecule has 6 heteroatoms. The predicted octanol–water partition coefficient (Wildman–Crippen LogP) is 2.66. The van der Waals surface area contributed by atoms with E-state index in [1.165, 1.54) is 0 Å². The van der Waals surface area contributed by atoms with Gasteiger partial charge in [0.15, 0.2) is 0 Å². The first-order chi connectivity index (χ1) is 11.6. The van der Waals surface area contributed by atoms with Crippen LogP contribution in [-0.2, 0) is 16.1 Å². The van der Waals surface area contributed by atoms with Crippen LogP contribution in [0.3, 0.4) is 0 Å². The van der Waals surface area contributed by atoms with Crippen LogP contribution >= 0.6 is 0 Å². The number of amides is 2. The van der Waals surface area contributed by atoms with E-state index in [9.17, 15) is 9.59 Å². The number of benzene rings is 1. The summed E-state index contributed by atoms with van der Waals surface area (Å²) in [6.07, 6.45) is 3.52. The van der Waals surface area contributed by atoms with Gasteiger partial charge in [0, 0.05) is 17.3 Å². The Morgan fingerprint density at radius 2 is 1.96 bits per heavy atom. The van der Waals surface area contributed by atoms with E-state index in [1.807, 2.05) is 31.2 Å². The molecule has 126 valence electrons. The number of hydrogen-bond donors (Lipinski definition) is 3. The first-order valence-corrected chi connectivity index (χ1v) is 8.07. The third kappa shape index (κ3) is 4.16. The normalized spacial score (nSPS) is 13.4. The van der Waals surface area contributed by atoms with Crippen molar-refractivity contribution in [2.24, 2.45) is 5.92 Å². The number of hydrogen-bond acceptors (Lipinski definition) is 4. The van der Waals surface area contributed by atoms with Crippen LogP contribution in [0.15, 0.2) is 41.0 Å². The van der Waals surface area contributed by atoms with Crippen LogP contribution in [0.2, 0.25) is 0 Å². The van der Waals surface area contributed by atoms with Gasteiger partial charge in [0.25, 0.3) is 0 Å². The van der Waals surface area contributed by atoms with E-state index in [4.69, 9.17) is 4.42 Å². The van der Waals surface area contributed by atoms with E-state index in [0.29, 0.717) is 12.3 Å². The van der Waals surface area contributed by atoms with Gasteiger partial charge in [-0.3, -0.25) is 9.59 Å². The standard InChI is InChI=1S/C18H21N3O3/c1-12-15(5-2-6-16(12)21-18(23)13-7-8-13)19-11-17(22)20-10-14-4-3-9-24-14/h2-6,9,13,19H,7-8,10-11H2,1H3,(H,20,22)(H,21,23). The molecule has 2 aromatic rings. The van der Waals surface area contributed by atoms with Crippen LogP contribution < -0.4 is 16.0 Å². The molecule has 6 nitrogen and oxygen atoms in total. The van der Waals surface area contributed by atoms with Crippen LogP contribution in [0, 0.1) is 12.8 Å². The van der Waals surface area contributed by atoms with Gasteiger partial charge in [-0.15, -0.1) is 0 Å². The lowest BCUT2D eigenvalue weighted by Crippen LogP contribution is -2.29. The van der Waals surface area contributed by atoms with Crippen molar-refractivity contribution in [3.63, 3.8) is 0 Å². The molecule has 24 heavy (non-hydrogen) atoms. The van der Waals surface area contributed by atoms with Crippen molar-refractivity contribution in [3.8, 4) is 0 Å². The summed E-state index contributed by atoms with van der Waals surface area (Å²) < 4.78 is 5.17. The Hall–Kier alpha value is -2.76. The maximum atomic E-state index is 11.9. The molecule has 0 aliphatic heterocycles. The molecule has 0 unspecified atom stereocenters. The van der Waals surface area contributed by atoms with Crippen LogP contribution in [0.5, 0.6) is 0 Å². The number of carbonyl (C=O) groups excluding carboxylic acids is 2. The van der Waals surface area contributed by atoms with Crippen LogP contribution in [0.1, 0.15) is 24.2 Å². The molecule has 1 aromatic carbocycles. The summed E-state index contributed by atoms with van der Waals surface area (Å²) >= 11 is 0. The van der Waals surface area contributed by atoms with E-state index in [1.54, 1.807) is 12.3 Å². The Labute approximate surface area is 140 Å². The molecular formula is C18H21N3O3. The highest BCUT2D eigenvalue weighted by Gasteiger charge is 2.29. The van der Waals surface area contributed by atoms with E-state index >= 15 is 0 Å². The minimum Gasteiger partial charge on any atom is -0.467 e. The minimum atomic E-state index is -0.127. The number of furan rings is 1. The smallest absolute Gasteiger partial charge is 0.239 e. The van der Waals surface area contributed by atoms with Gasteiger partial charge in [-0.05, 0) is 49.6 Å². The van der Waals surface area contributed by atoms with Crippen molar-refractivity contribution in [2.45, 2.75) is 26.3 Å². The SMILES string of the molecule is Cc1c(NCC(=O)NCc2ccco2)cccc1NC(=O)C1CC1. The molecule has 2 amide bonds. The van der Waals surface area contributed by atoms with Crippen molar-refractivity contribution in [1.29, 1.82) is 0 Å². The van der Waals surface area contributed by atoms with E-state index < -0.39 is 0 Å². The average molecular weight is 327 g/mol. The highest BCUT2D eigenvalue weighted by Crippen LogP contribution is 2.31. The summed E-state index contributed by atoms with van der Waals surface area (Å²) in [5, 5.41) is 8.84. The fourth-order valence-corrected chi connectivity index (χ4v) is 2.38. The monoisotopic (exact) mass is 327 g/mol. The molecule has 1 fully saturated rings. The zero-order chi connectivity index (χ0) is 16.9. The second kappa shape index (κ2) is 7.21. The maximum Gasteiger partial charge on any atom is 0.239 e. The van der Waals surface area contributed by atoms with Gasteiger partial charge in [-0.1, -0.05) is 6.07 Å². The molecule has 0 spiro atoms. The van der Waals surface area contributed by atoms with E-state index in [2.05, 4.69) is 16.0 Å². The van der Waals surface area contributed by atoms with Gasteiger partial charge in [0.05, 0.1) is 19.4 Å². The van der Waals surface area contributed by atoms with Crippen molar-refractivity contribution >= 4 is 23.2 Å². The first kappa shape index (κ1) is 16.1. The topological polar surface area (TPSA) is 83.4 Å². The summed E-state index contributed by atoms with van der Waals surface area (Å²) in [6, 6.07) is 9.21. The largest absolute Gasteiger partial charge is 0.467 e. The van der Waals surface area contributed by atoms with Gasteiger partial charge in [0.1, 0.15) is 5.76 Å². The van der Waals surface area contributed by atoms with Crippen molar-refractivity contribution in [3.05, 3.63) is 47.9 Å². The van der Waals surface area contributed by atoms with Gasteiger partial charge in [0.2, 0.25) is 11.8 Å². The van der Waals surface area contributed by atoms with Gasteiger partial charge < -0.3 is 20.4 Å². The maximum absolute atomic E-state index is 11.9. The Morgan fingerprint density at radius 1 is 1.17 bits per heavy atom. The van der Waals surface area contributed by atoms with Crippen molar-refractivity contribution in [1.82, 2.24) is 5.32 Å². The highest BCUT2D eigenvalue weighted by molar-refractivity contribution is 5.95. The number of nitrogens with one attached hydrogen (secondary N) is 3. The summed E-state index contributed by atoms with van der Waals surface area (Å²) in [4.78, 5) is 23.8. The van der Waals surface area contributed by atoms with E-state index in [-0.39, 0.29) is 24.3 Å². The second-order valence-electron chi connectivity index (χ2n) is 5.95. The lowest BCUT2D eigenvalue weighted by atomic mass is 10.1. The zero-order valence-corrected chi connectivity index (χ0v) is 13.6. The number of carbonyl (C=O) groups is 2. The quantitative estimate of drug-likeness (QED) is 0.730. The van der Waals surface area contributed by atoms with Crippen LogP contribution in [0.4, 0.5) is 11.4 Å². The van der Waals surface area contributed by atoms with Crippen LogP contribution in [0.25, 0.3) is 0 Å². The van der Waals surface area contributed by atoms with Gasteiger partial charge in [-0.25, -0.2) is 0 Å². The van der Waals surface area contributed by atoms with Gasteiger partial charge in [-0.2, -0.15) is 0 Å². The molecule has 1 aromatic heterocycles. The lowest BCUT2D eigenvalue weighted by Gasteiger charge is -2.14. The Bertz CT molecular complexity index is 721. The zero-order valence-electron chi connectivity index (χ0n) is 13.6. The van der Waals surface area contributed by atoms with Crippen molar-refractivity contribution in [2.75, 3.05) is 17.2 Å². The molecule has 0 radical (unpaired) electrons. The third-order valence-electron chi connectivity index (χ3n) is 4.02. The molecule has 1 heterocycles. The summed E-state index contributed by atoms with van der Waals surface area (Å²) in [7, 11) is 0. The van der Waals surface area contributed by atoms with Crippen LogP contribution in [-0.4, -0.2) is 18.4 Å². The Morgan fingerprint density at radius 3 is 2.67 bits per heavy atom. The molecule has 0 bridgehead atoms. The second-order valence-corrected chi connectivity index (χ2v) is 5.95. The third-order valence-corrected chi connectivity index (χ3v) is 4.02. The predicted molar refractivity (Wildman–Crippen MR) is 91.6 cm³/mol. The molecule has 0 atom stereocenters. The number of rotatable bonds is 7. The van der Waals surface area contributed by atoms with E-state index in [0.717, 1.165) is 29.8 Å². The molecular weight excluding hydrogens is 306 g/mol. The van der Waals surface area contributed by atoms with Crippen molar-refractivity contribution < 1.29 is 14.0 Å². The Kier molecular flexibility index (Phi) is 4.84. The molecule has 1 aliphatic carbocycles. The molecule has 3 rings (SSSR count). The first-order valence-electron chi connectivity index (χ1n) is 8.07. The summed E-state index contributed by atoms with van der Waals surface area (Å²) in [5.74, 6) is 0.822. The Balaban J connectivity index is 1.52. The molecule has 1 aliphatic rings. The highest BCUT2D eigenvalue weighted by atomic mass is 16.3. The average Bonchev–Trinajstić information content (AvgIpc) is 3.30. The minimum absolute atomic E-state index is 0.0754. The molecule has 3 N–H and O–H groups in total. The molecule has 1 saturated carbocycles. The fraction of sp³-hybridized carbons (Fsp3) is 0.333. The summed E-state index contributed by atoms with van der Waals surface area (Å²) in [5.41, 5.74) is 2.54. The van der Waals surface area contributed by atoms with Gasteiger partial charge >= 0.3 is 0 Å². The molecule has 0 saturated heterocycles. The number of anilines is 2.